The number of hydrogen-bond donors (Lipinski definition) is 2. The van der Waals surface area contributed by atoms with Crippen LogP contribution in [0.1, 0.15) is 57.8 Å². The molecule has 1 amide bonds. The number of hydrogen-bond acceptors (Lipinski definition) is 2. The van der Waals surface area contributed by atoms with Crippen molar-refractivity contribution in [3.05, 3.63) is 0 Å². The van der Waals surface area contributed by atoms with E-state index in [0.29, 0.717) is 23.5 Å². The quantitative estimate of drug-likeness (QED) is 0.760. The Morgan fingerprint density at radius 2 is 1.65 bits per heavy atom. The molecule has 2 saturated carbocycles. The van der Waals surface area contributed by atoms with Crippen molar-refractivity contribution >= 4 is 23.2 Å². The van der Waals surface area contributed by atoms with Crippen LogP contribution in [0.3, 0.4) is 0 Å². The molecular weight excluding hydrogens is 232 g/mol. The van der Waals surface area contributed by atoms with E-state index >= 15 is 0 Å². The van der Waals surface area contributed by atoms with Gasteiger partial charge in [-0.25, -0.2) is 0 Å². The fraction of sp³-hybridized carbons (Fsp3) is 0.846. The molecule has 0 saturated heterocycles. The van der Waals surface area contributed by atoms with E-state index in [0.717, 1.165) is 0 Å². The normalized spacial score (nSPS) is 21.6. The van der Waals surface area contributed by atoms with Gasteiger partial charge in [-0.1, -0.05) is 25.7 Å². The highest BCUT2D eigenvalue weighted by Gasteiger charge is 2.20. The summed E-state index contributed by atoms with van der Waals surface area (Å²) >= 11 is 5.16. The van der Waals surface area contributed by atoms with Crippen LogP contribution in [0.15, 0.2) is 0 Å². The number of carbonyl (C=O) groups excluding carboxylic acids is 1. The molecule has 96 valence electrons. The van der Waals surface area contributed by atoms with Crippen LogP contribution in [-0.4, -0.2) is 17.1 Å². The smallest absolute Gasteiger partial charge is 0.226 e. The van der Waals surface area contributed by atoms with Crippen molar-refractivity contribution in [3.8, 4) is 0 Å². The Balaban J connectivity index is 1.64. The molecule has 0 aliphatic heterocycles. The zero-order valence-corrected chi connectivity index (χ0v) is 11.2. The molecule has 0 aromatic heterocycles. The molecule has 0 spiro atoms. The van der Waals surface area contributed by atoms with Gasteiger partial charge in [-0.3, -0.25) is 4.79 Å². The van der Waals surface area contributed by atoms with Gasteiger partial charge in [-0.15, -0.1) is 0 Å². The minimum Gasteiger partial charge on any atom is -0.360 e. The summed E-state index contributed by atoms with van der Waals surface area (Å²) in [7, 11) is 0. The van der Waals surface area contributed by atoms with E-state index in [4.69, 9.17) is 12.2 Å². The molecule has 2 aliphatic carbocycles. The predicted octanol–water partition coefficient (Wildman–Crippen LogP) is 2.50. The Bertz CT molecular complexity index is 253. The first-order chi connectivity index (χ1) is 8.24. The molecule has 0 atom stereocenters. The summed E-state index contributed by atoms with van der Waals surface area (Å²) in [6, 6.07) is 0.481. The third-order valence-corrected chi connectivity index (χ3v) is 4.11. The van der Waals surface area contributed by atoms with Gasteiger partial charge >= 0.3 is 0 Å². The van der Waals surface area contributed by atoms with Crippen molar-refractivity contribution in [2.45, 2.75) is 63.8 Å². The van der Waals surface area contributed by atoms with Gasteiger partial charge in [0.1, 0.15) is 0 Å². The Labute approximate surface area is 109 Å². The number of nitrogens with one attached hydrogen (secondary N) is 2. The maximum absolute atomic E-state index is 11.7. The van der Waals surface area contributed by atoms with Crippen LogP contribution >= 0.6 is 12.2 Å². The lowest BCUT2D eigenvalue weighted by Crippen LogP contribution is -2.43. The molecular formula is C13H22N2OS. The van der Waals surface area contributed by atoms with Crippen LogP contribution in [0.5, 0.6) is 0 Å². The largest absolute Gasteiger partial charge is 0.360 e. The van der Waals surface area contributed by atoms with Gasteiger partial charge in [-0.05, 0) is 43.8 Å². The van der Waals surface area contributed by atoms with Crippen LogP contribution in [-0.2, 0) is 4.79 Å². The van der Waals surface area contributed by atoms with E-state index in [2.05, 4.69) is 10.6 Å². The minimum atomic E-state index is 0.0902. The van der Waals surface area contributed by atoms with E-state index in [1.54, 1.807) is 0 Å². The Morgan fingerprint density at radius 1 is 1.06 bits per heavy atom. The second-order valence-corrected chi connectivity index (χ2v) is 5.77. The number of carbonyl (C=O) groups is 1. The van der Waals surface area contributed by atoms with E-state index < -0.39 is 0 Å². The molecule has 0 bridgehead atoms. The van der Waals surface area contributed by atoms with E-state index in [1.165, 1.54) is 51.4 Å². The third kappa shape index (κ3) is 4.26. The first-order valence-electron chi connectivity index (χ1n) is 6.84. The topological polar surface area (TPSA) is 41.1 Å². The summed E-state index contributed by atoms with van der Waals surface area (Å²) < 4.78 is 0. The summed E-state index contributed by atoms with van der Waals surface area (Å²) in [6.07, 6.45) is 10.5. The number of amides is 1. The van der Waals surface area contributed by atoms with Crippen LogP contribution in [0.4, 0.5) is 0 Å². The van der Waals surface area contributed by atoms with Gasteiger partial charge in [0.25, 0.3) is 0 Å². The summed E-state index contributed by atoms with van der Waals surface area (Å²) in [6.45, 7) is 0. The fourth-order valence-electron chi connectivity index (χ4n) is 2.95. The second-order valence-electron chi connectivity index (χ2n) is 5.36. The van der Waals surface area contributed by atoms with Gasteiger partial charge in [-0.2, -0.15) is 0 Å². The van der Waals surface area contributed by atoms with Crippen molar-refractivity contribution in [1.29, 1.82) is 0 Å². The number of rotatable bonds is 3. The molecule has 0 aromatic carbocycles. The lowest BCUT2D eigenvalue weighted by molar-refractivity contribution is -0.120. The first-order valence-corrected chi connectivity index (χ1v) is 7.25. The maximum Gasteiger partial charge on any atom is 0.226 e. The van der Waals surface area contributed by atoms with Crippen LogP contribution < -0.4 is 10.6 Å². The van der Waals surface area contributed by atoms with Gasteiger partial charge in [0.05, 0.1) is 0 Å². The second kappa shape index (κ2) is 6.34. The van der Waals surface area contributed by atoms with Crippen LogP contribution in [0, 0.1) is 5.92 Å². The molecule has 0 aromatic rings. The maximum atomic E-state index is 11.7. The highest BCUT2D eigenvalue weighted by atomic mass is 32.1. The average Bonchev–Trinajstić information content (AvgIpc) is 2.90. The van der Waals surface area contributed by atoms with Crippen LogP contribution in [0.2, 0.25) is 0 Å². The molecule has 2 aliphatic rings. The van der Waals surface area contributed by atoms with E-state index in [9.17, 15) is 4.79 Å². The Morgan fingerprint density at radius 3 is 2.29 bits per heavy atom. The molecule has 2 rings (SSSR count). The monoisotopic (exact) mass is 254 g/mol. The average molecular weight is 254 g/mol. The summed E-state index contributed by atoms with van der Waals surface area (Å²) in [5.74, 6) is 0.677. The Hall–Kier alpha value is -0.640. The molecule has 3 nitrogen and oxygen atoms in total. The van der Waals surface area contributed by atoms with Crippen molar-refractivity contribution in [2.75, 3.05) is 0 Å². The van der Waals surface area contributed by atoms with Gasteiger partial charge < -0.3 is 10.6 Å². The molecule has 0 radical (unpaired) electrons. The summed E-state index contributed by atoms with van der Waals surface area (Å²) in [4.78, 5) is 11.7. The highest BCUT2D eigenvalue weighted by molar-refractivity contribution is 7.80. The molecule has 2 fully saturated rings. The van der Waals surface area contributed by atoms with Crippen molar-refractivity contribution < 1.29 is 4.79 Å². The summed E-state index contributed by atoms with van der Waals surface area (Å²) in [5.41, 5.74) is 0. The predicted molar refractivity (Wildman–Crippen MR) is 72.7 cm³/mol. The van der Waals surface area contributed by atoms with Crippen molar-refractivity contribution in [3.63, 3.8) is 0 Å². The third-order valence-electron chi connectivity index (χ3n) is 3.89. The van der Waals surface area contributed by atoms with Crippen LogP contribution in [0.25, 0.3) is 0 Å². The molecule has 0 heterocycles. The van der Waals surface area contributed by atoms with Gasteiger partial charge in [0, 0.05) is 12.5 Å². The van der Waals surface area contributed by atoms with E-state index in [-0.39, 0.29) is 5.91 Å². The van der Waals surface area contributed by atoms with E-state index in [1.807, 2.05) is 0 Å². The van der Waals surface area contributed by atoms with Gasteiger partial charge in [0.15, 0.2) is 5.11 Å². The van der Waals surface area contributed by atoms with Crippen molar-refractivity contribution in [1.82, 2.24) is 10.6 Å². The lowest BCUT2D eigenvalue weighted by atomic mass is 10.0. The summed E-state index contributed by atoms with van der Waals surface area (Å²) in [5, 5.41) is 6.58. The SMILES string of the molecule is O=C(CC1CCCC1)NC(=S)NC1CCCC1. The molecule has 0 unspecified atom stereocenters. The van der Waals surface area contributed by atoms with Gasteiger partial charge in [0.2, 0.25) is 5.91 Å². The first kappa shape index (κ1) is 12.8. The number of thiocarbonyl (C=S) groups is 1. The molecule has 17 heavy (non-hydrogen) atoms. The van der Waals surface area contributed by atoms with Crippen molar-refractivity contribution in [2.24, 2.45) is 5.92 Å². The zero-order valence-electron chi connectivity index (χ0n) is 10.3. The fourth-order valence-corrected chi connectivity index (χ4v) is 3.23. The Kier molecular flexibility index (Phi) is 4.77. The molecule has 4 heteroatoms. The highest BCUT2D eigenvalue weighted by Crippen LogP contribution is 2.27. The molecule has 2 N–H and O–H groups in total. The zero-order chi connectivity index (χ0) is 12.1. The lowest BCUT2D eigenvalue weighted by Gasteiger charge is -2.15. The minimum absolute atomic E-state index is 0.0902. The standard InChI is InChI=1S/C13H22N2OS/c16-12(9-10-5-1-2-6-10)15-13(17)14-11-7-3-4-8-11/h10-11H,1-9H2,(H2,14,15,16,17).